The first kappa shape index (κ1) is 37.5. The molecule has 0 saturated heterocycles. The molecule has 5 heterocycles. The third-order valence-electron chi connectivity index (χ3n) is 10.8. The summed E-state index contributed by atoms with van der Waals surface area (Å²) in [6.45, 7) is 10.4. The van der Waals surface area contributed by atoms with Crippen LogP contribution in [-0.4, -0.2) is 67.0 Å². The molecule has 0 radical (unpaired) electrons. The minimum atomic E-state index is -0.890. The Morgan fingerprint density at radius 2 is 1.53 bits per heavy atom. The third kappa shape index (κ3) is 8.26. The number of H-pyrrole nitrogens is 2. The summed E-state index contributed by atoms with van der Waals surface area (Å²) < 4.78 is 0. The summed E-state index contributed by atoms with van der Waals surface area (Å²) in [7, 11) is 3.58. The number of hydrogen-bond acceptors (Lipinski definition) is 5. The number of rotatable bonds is 14. The highest BCUT2D eigenvalue weighted by molar-refractivity contribution is 5.93. The standard InChI is InChI=1S/C41H53N5O5/c1-8-9-10-11-12-13-30-36-20-31-24(2)18-27(42-31)19-32-25(3)28(14-16-39(48)49)34(43-32)21-35-29(15-17-40(50)51)26(4)33(44-35)22-37(45-36)41(30,5)23-38(47)46(6)7/h18-22,30,42,44H,8-17,23H2,1-7H3,(H,48,49)(H,50,51). The Bertz CT molecular complexity index is 2020. The quantitative estimate of drug-likeness (QED) is 0.123. The number of aromatic amines is 2. The predicted octanol–water partition coefficient (Wildman–Crippen LogP) is 8.62. The van der Waals surface area contributed by atoms with Crippen LogP contribution in [0.25, 0.3) is 33.2 Å². The lowest BCUT2D eigenvalue weighted by Gasteiger charge is -2.32. The normalized spacial score (nSPS) is 17.2. The predicted molar refractivity (Wildman–Crippen MR) is 203 cm³/mol. The largest absolute Gasteiger partial charge is 0.481 e. The van der Waals surface area contributed by atoms with Gasteiger partial charge in [-0.25, -0.2) is 4.98 Å². The molecule has 0 fully saturated rings. The van der Waals surface area contributed by atoms with E-state index in [1.807, 2.05) is 26.0 Å². The van der Waals surface area contributed by atoms with E-state index < -0.39 is 17.4 Å². The minimum absolute atomic E-state index is 0.00536. The fourth-order valence-corrected chi connectivity index (χ4v) is 7.62. The second-order valence-electron chi connectivity index (χ2n) is 14.8. The van der Waals surface area contributed by atoms with Gasteiger partial charge in [0.15, 0.2) is 0 Å². The van der Waals surface area contributed by atoms with Crippen LogP contribution in [-0.2, 0) is 26.2 Å². The molecule has 4 N–H and O–H groups in total. The molecule has 10 nitrogen and oxygen atoms in total. The first-order valence-electron chi connectivity index (χ1n) is 18.3. The summed E-state index contributed by atoms with van der Waals surface area (Å²) >= 11 is 0. The summed E-state index contributed by atoms with van der Waals surface area (Å²) in [5.41, 5.74) is 10.5. The summed E-state index contributed by atoms with van der Waals surface area (Å²) in [6.07, 6.45) is 7.45. The van der Waals surface area contributed by atoms with E-state index in [0.717, 1.165) is 86.2 Å². The SMILES string of the molecule is CCCCCCCC1c2cc3[nH]c(cc4nc(cc5[nH]c(cc(n2)C1(C)CC(=O)N(C)C)c(C)c5CCC(=O)O)C(CCC(=O)O)=C4C)cc3C. The number of aromatic nitrogens is 4. The monoisotopic (exact) mass is 695 g/mol. The number of nitrogens with zero attached hydrogens (tertiary/aromatic N) is 3. The molecule has 2 atom stereocenters. The number of carboxylic acid groups (broad SMARTS) is 2. The molecule has 0 aromatic carbocycles. The van der Waals surface area contributed by atoms with E-state index in [-0.39, 0.29) is 24.7 Å². The van der Waals surface area contributed by atoms with Crippen molar-refractivity contribution in [2.45, 2.75) is 117 Å². The van der Waals surface area contributed by atoms with Gasteiger partial charge >= 0.3 is 11.9 Å². The Balaban J connectivity index is 1.84. The number of fused-ring (bicyclic) bond motifs is 8. The zero-order valence-electron chi connectivity index (χ0n) is 31.2. The van der Waals surface area contributed by atoms with Crippen LogP contribution in [0.15, 0.2) is 30.3 Å². The van der Waals surface area contributed by atoms with Crippen molar-refractivity contribution in [2.24, 2.45) is 0 Å². The highest BCUT2D eigenvalue weighted by Gasteiger charge is 2.44. The van der Waals surface area contributed by atoms with Crippen molar-refractivity contribution in [1.82, 2.24) is 24.8 Å². The molecule has 1 amide bonds. The topological polar surface area (TPSA) is 152 Å². The van der Waals surface area contributed by atoms with Crippen LogP contribution in [0.3, 0.4) is 0 Å². The van der Waals surface area contributed by atoms with Crippen LogP contribution < -0.4 is 0 Å². The smallest absolute Gasteiger partial charge is 0.303 e. The number of allylic oxidation sites excluding steroid dienone is 2. The van der Waals surface area contributed by atoms with Crippen molar-refractivity contribution in [1.29, 1.82) is 0 Å². The fraction of sp³-hybridized carbons (Fsp3) is 0.488. The zero-order chi connectivity index (χ0) is 37.0. The Morgan fingerprint density at radius 1 is 0.824 bits per heavy atom. The van der Waals surface area contributed by atoms with E-state index >= 15 is 0 Å². The van der Waals surface area contributed by atoms with Crippen molar-refractivity contribution in [3.8, 4) is 0 Å². The lowest BCUT2D eigenvalue weighted by Crippen LogP contribution is -2.34. The van der Waals surface area contributed by atoms with Gasteiger partial charge in [0.05, 0.1) is 11.4 Å². The number of carboxylic acids is 2. The second-order valence-corrected chi connectivity index (χ2v) is 14.8. The molecule has 3 aromatic rings. The Labute approximate surface area is 300 Å². The lowest BCUT2D eigenvalue weighted by atomic mass is 9.70. The Kier molecular flexibility index (Phi) is 11.5. The van der Waals surface area contributed by atoms with E-state index in [1.165, 1.54) is 19.3 Å². The number of aryl methyl sites for hydroxylation is 3. The average Bonchev–Trinajstić information content (AvgIpc) is 3.72. The first-order chi connectivity index (χ1) is 24.2. The maximum atomic E-state index is 13.5. The number of carbonyl (C=O) groups excluding carboxylic acids is 1. The van der Waals surface area contributed by atoms with Crippen LogP contribution in [0.4, 0.5) is 0 Å². The molecule has 2 aliphatic rings. The summed E-state index contributed by atoms with van der Waals surface area (Å²) in [6, 6.07) is 10.2. The van der Waals surface area contributed by atoms with Gasteiger partial charge in [0.1, 0.15) is 0 Å². The number of carbonyl (C=O) groups is 3. The van der Waals surface area contributed by atoms with Crippen molar-refractivity contribution in [3.05, 3.63) is 69.8 Å². The van der Waals surface area contributed by atoms with Crippen LogP contribution in [0.2, 0.25) is 0 Å². The van der Waals surface area contributed by atoms with Gasteiger partial charge in [-0.05, 0) is 98.2 Å². The van der Waals surface area contributed by atoms with E-state index in [9.17, 15) is 24.6 Å². The molecule has 0 spiro atoms. The Hall–Kier alpha value is -4.73. The molecule has 10 heteroatoms. The van der Waals surface area contributed by atoms with Gasteiger partial charge in [0.25, 0.3) is 0 Å². The van der Waals surface area contributed by atoms with Gasteiger partial charge in [-0.1, -0.05) is 46.0 Å². The molecule has 2 unspecified atom stereocenters. The van der Waals surface area contributed by atoms with Crippen molar-refractivity contribution >= 4 is 51.1 Å². The average molecular weight is 696 g/mol. The van der Waals surface area contributed by atoms with E-state index in [2.05, 4.69) is 48.9 Å². The molecular formula is C41H53N5O5. The van der Waals surface area contributed by atoms with Gasteiger partial charge in [-0.15, -0.1) is 0 Å². The fourth-order valence-electron chi connectivity index (χ4n) is 7.62. The highest BCUT2D eigenvalue weighted by Crippen LogP contribution is 2.48. The number of unbranched alkanes of at least 4 members (excludes halogenated alkanes) is 4. The van der Waals surface area contributed by atoms with Crippen LogP contribution >= 0.6 is 0 Å². The summed E-state index contributed by atoms with van der Waals surface area (Å²) in [4.78, 5) is 56.1. The van der Waals surface area contributed by atoms with Crippen LogP contribution in [0.1, 0.15) is 130 Å². The number of nitrogens with one attached hydrogen (secondary N) is 2. The number of aliphatic carboxylic acids is 2. The van der Waals surface area contributed by atoms with Gasteiger partial charge < -0.3 is 25.1 Å². The van der Waals surface area contributed by atoms with E-state index in [1.54, 1.807) is 19.0 Å². The molecule has 8 bridgehead atoms. The Morgan fingerprint density at radius 3 is 2.22 bits per heavy atom. The van der Waals surface area contributed by atoms with Gasteiger partial charge in [0.2, 0.25) is 5.91 Å². The van der Waals surface area contributed by atoms with Crippen molar-refractivity contribution < 1.29 is 24.6 Å². The molecular weight excluding hydrogens is 642 g/mol. The molecule has 51 heavy (non-hydrogen) atoms. The van der Waals surface area contributed by atoms with Gasteiger partial charge in [-0.2, -0.15) is 0 Å². The molecule has 0 saturated carbocycles. The van der Waals surface area contributed by atoms with Crippen molar-refractivity contribution in [2.75, 3.05) is 14.1 Å². The van der Waals surface area contributed by atoms with Gasteiger partial charge in [0, 0.05) is 78.1 Å². The maximum absolute atomic E-state index is 13.5. The number of amides is 1. The third-order valence-corrected chi connectivity index (χ3v) is 10.8. The second kappa shape index (κ2) is 15.7. The molecule has 3 aromatic heterocycles. The van der Waals surface area contributed by atoms with Gasteiger partial charge in [-0.3, -0.25) is 19.4 Å². The molecule has 272 valence electrons. The summed E-state index contributed by atoms with van der Waals surface area (Å²) in [5.74, 6) is -1.73. The summed E-state index contributed by atoms with van der Waals surface area (Å²) in [5, 5.41) is 19.2. The molecule has 5 rings (SSSR count). The number of hydrogen-bond donors (Lipinski definition) is 4. The van der Waals surface area contributed by atoms with Crippen LogP contribution in [0, 0.1) is 13.8 Å². The first-order valence-corrected chi connectivity index (χ1v) is 18.3. The van der Waals surface area contributed by atoms with Crippen LogP contribution in [0.5, 0.6) is 0 Å². The molecule has 0 aliphatic carbocycles. The molecule has 2 aliphatic heterocycles. The zero-order valence-corrected chi connectivity index (χ0v) is 31.2. The van der Waals surface area contributed by atoms with E-state index in [0.29, 0.717) is 25.0 Å². The van der Waals surface area contributed by atoms with E-state index in [4.69, 9.17) is 9.97 Å². The van der Waals surface area contributed by atoms with Crippen molar-refractivity contribution in [3.63, 3.8) is 0 Å². The minimum Gasteiger partial charge on any atom is -0.481 e. The highest BCUT2D eigenvalue weighted by atomic mass is 16.4. The maximum Gasteiger partial charge on any atom is 0.303 e. The lowest BCUT2D eigenvalue weighted by molar-refractivity contribution is -0.137.